The number of aromatic nitrogens is 1. The van der Waals surface area contributed by atoms with E-state index in [2.05, 4.69) is 47.7 Å². The minimum atomic E-state index is 0.529. The maximum atomic E-state index is 3.58. The van der Waals surface area contributed by atoms with Gasteiger partial charge in [0, 0.05) is 23.1 Å². The number of para-hydroxylation sites is 1. The van der Waals surface area contributed by atoms with E-state index in [4.69, 9.17) is 0 Å². The fourth-order valence-corrected chi connectivity index (χ4v) is 2.60. The molecule has 0 amide bonds. The monoisotopic (exact) mass is 200 g/mol. The molecular formula is C13H16N2. The minimum Gasteiger partial charge on any atom is -0.361 e. The second-order valence-electron chi connectivity index (χ2n) is 4.49. The third kappa shape index (κ3) is 1.37. The van der Waals surface area contributed by atoms with E-state index in [9.17, 15) is 0 Å². The Kier molecular flexibility index (Phi) is 2.03. The Morgan fingerprint density at radius 1 is 1.27 bits per heavy atom. The molecule has 2 N–H and O–H groups in total. The molecule has 1 aromatic heterocycles. The van der Waals surface area contributed by atoms with Crippen LogP contribution in [0.25, 0.3) is 10.9 Å². The standard InChI is InChI=1S/C13H16N2/c1-9-6-7-14-13(9)11-8-15-12-5-3-2-4-10(11)12/h2-5,8-9,13-15H,6-7H2,1H3/t9-,13-/m0/s1. The lowest BCUT2D eigenvalue weighted by Gasteiger charge is -2.14. The Balaban J connectivity index is 2.10. The van der Waals surface area contributed by atoms with Gasteiger partial charge in [0.2, 0.25) is 0 Å². The number of fused-ring (bicyclic) bond motifs is 1. The summed E-state index contributed by atoms with van der Waals surface area (Å²) in [7, 11) is 0. The van der Waals surface area contributed by atoms with Gasteiger partial charge < -0.3 is 10.3 Å². The summed E-state index contributed by atoms with van der Waals surface area (Å²) in [6.45, 7) is 3.47. The molecule has 0 spiro atoms. The van der Waals surface area contributed by atoms with E-state index in [1.165, 1.54) is 22.9 Å². The predicted molar refractivity (Wildman–Crippen MR) is 62.8 cm³/mol. The van der Waals surface area contributed by atoms with E-state index in [0.717, 1.165) is 12.5 Å². The number of nitrogens with one attached hydrogen (secondary N) is 2. The molecule has 1 saturated heterocycles. The van der Waals surface area contributed by atoms with Gasteiger partial charge in [-0.3, -0.25) is 0 Å². The maximum absolute atomic E-state index is 3.58. The molecule has 0 radical (unpaired) electrons. The molecule has 0 unspecified atom stereocenters. The highest BCUT2D eigenvalue weighted by molar-refractivity contribution is 5.83. The van der Waals surface area contributed by atoms with Gasteiger partial charge in [0.25, 0.3) is 0 Å². The maximum Gasteiger partial charge on any atom is 0.0457 e. The zero-order valence-corrected chi connectivity index (χ0v) is 8.96. The third-order valence-electron chi connectivity index (χ3n) is 3.49. The first-order valence-electron chi connectivity index (χ1n) is 5.65. The number of hydrogen-bond acceptors (Lipinski definition) is 1. The highest BCUT2D eigenvalue weighted by Crippen LogP contribution is 2.33. The summed E-state index contributed by atoms with van der Waals surface area (Å²) in [5.41, 5.74) is 2.67. The van der Waals surface area contributed by atoms with Crippen molar-refractivity contribution in [2.75, 3.05) is 6.54 Å². The van der Waals surface area contributed by atoms with Crippen molar-refractivity contribution in [3.05, 3.63) is 36.0 Å². The summed E-state index contributed by atoms with van der Waals surface area (Å²) < 4.78 is 0. The molecule has 0 saturated carbocycles. The van der Waals surface area contributed by atoms with Crippen molar-refractivity contribution in [2.45, 2.75) is 19.4 Å². The first kappa shape index (κ1) is 8.98. The summed E-state index contributed by atoms with van der Waals surface area (Å²) in [5, 5.41) is 4.95. The molecule has 2 heteroatoms. The van der Waals surface area contributed by atoms with Crippen LogP contribution in [0.5, 0.6) is 0 Å². The second kappa shape index (κ2) is 3.38. The van der Waals surface area contributed by atoms with Crippen molar-refractivity contribution in [3.63, 3.8) is 0 Å². The van der Waals surface area contributed by atoms with Gasteiger partial charge in [-0.25, -0.2) is 0 Å². The molecule has 2 heterocycles. The fraction of sp³-hybridized carbons (Fsp3) is 0.385. The van der Waals surface area contributed by atoms with Crippen LogP contribution in [0.3, 0.4) is 0 Å². The van der Waals surface area contributed by atoms with E-state index in [-0.39, 0.29) is 0 Å². The third-order valence-corrected chi connectivity index (χ3v) is 3.49. The second-order valence-corrected chi connectivity index (χ2v) is 4.49. The van der Waals surface area contributed by atoms with Gasteiger partial charge in [-0.1, -0.05) is 25.1 Å². The summed E-state index contributed by atoms with van der Waals surface area (Å²) in [5.74, 6) is 0.740. The van der Waals surface area contributed by atoms with E-state index >= 15 is 0 Å². The van der Waals surface area contributed by atoms with E-state index in [1.807, 2.05) is 0 Å². The molecule has 0 bridgehead atoms. The van der Waals surface area contributed by atoms with Crippen molar-refractivity contribution in [2.24, 2.45) is 5.92 Å². The van der Waals surface area contributed by atoms with Crippen molar-refractivity contribution in [1.82, 2.24) is 10.3 Å². The van der Waals surface area contributed by atoms with Gasteiger partial charge in [-0.05, 0) is 30.5 Å². The number of hydrogen-bond donors (Lipinski definition) is 2. The van der Waals surface area contributed by atoms with Gasteiger partial charge >= 0.3 is 0 Å². The van der Waals surface area contributed by atoms with E-state index in [1.54, 1.807) is 0 Å². The highest BCUT2D eigenvalue weighted by atomic mass is 15.0. The van der Waals surface area contributed by atoms with E-state index in [0.29, 0.717) is 6.04 Å². The largest absolute Gasteiger partial charge is 0.361 e. The van der Waals surface area contributed by atoms with Crippen LogP contribution in [0.4, 0.5) is 0 Å². The van der Waals surface area contributed by atoms with Crippen LogP contribution >= 0.6 is 0 Å². The average Bonchev–Trinajstić information content (AvgIpc) is 2.83. The Bertz CT molecular complexity index is 472. The molecule has 2 aromatic rings. The van der Waals surface area contributed by atoms with Crippen molar-refractivity contribution < 1.29 is 0 Å². The molecule has 0 aliphatic carbocycles. The summed E-state index contributed by atoms with van der Waals surface area (Å²) in [6.07, 6.45) is 3.44. The number of aromatic amines is 1. The highest BCUT2D eigenvalue weighted by Gasteiger charge is 2.25. The Hall–Kier alpha value is -1.28. The van der Waals surface area contributed by atoms with Crippen molar-refractivity contribution in [3.8, 4) is 0 Å². The van der Waals surface area contributed by atoms with Crippen molar-refractivity contribution >= 4 is 10.9 Å². The fourth-order valence-electron chi connectivity index (χ4n) is 2.60. The lowest BCUT2D eigenvalue weighted by Crippen LogP contribution is -2.15. The van der Waals surface area contributed by atoms with Crippen LogP contribution < -0.4 is 5.32 Å². The van der Waals surface area contributed by atoms with Crippen LogP contribution in [0.2, 0.25) is 0 Å². The normalized spacial score (nSPS) is 26.2. The molecule has 1 aromatic carbocycles. The van der Waals surface area contributed by atoms with Gasteiger partial charge in [-0.15, -0.1) is 0 Å². The Morgan fingerprint density at radius 2 is 2.13 bits per heavy atom. The zero-order valence-electron chi connectivity index (χ0n) is 8.96. The molecule has 2 nitrogen and oxygen atoms in total. The van der Waals surface area contributed by atoms with Gasteiger partial charge in [0.1, 0.15) is 0 Å². The van der Waals surface area contributed by atoms with Gasteiger partial charge in [-0.2, -0.15) is 0 Å². The lowest BCUT2D eigenvalue weighted by molar-refractivity contribution is 0.507. The zero-order chi connectivity index (χ0) is 10.3. The van der Waals surface area contributed by atoms with Crippen LogP contribution in [-0.2, 0) is 0 Å². The van der Waals surface area contributed by atoms with Crippen LogP contribution in [0.1, 0.15) is 24.9 Å². The molecule has 1 fully saturated rings. The topological polar surface area (TPSA) is 27.8 Å². The number of benzene rings is 1. The quantitative estimate of drug-likeness (QED) is 0.728. The summed E-state index contributed by atoms with van der Waals surface area (Å²) in [4.78, 5) is 3.35. The average molecular weight is 200 g/mol. The molecule has 15 heavy (non-hydrogen) atoms. The predicted octanol–water partition coefficient (Wildman–Crippen LogP) is 2.84. The van der Waals surface area contributed by atoms with Crippen LogP contribution in [0, 0.1) is 5.92 Å². The Morgan fingerprint density at radius 3 is 2.93 bits per heavy atom. The SMILES string of the molecule is C[C@H]1CCN[C@@H]1c1c[nH]c2ccccc12. The lowest BCUT2D eigenvalue weighted by atomic mass is 9.96. The number of H-pyrrole nitrogens is 1. The molecule has 1 aliphatic heterocycles. The summed E-state index contributed by atoms with van der Waals surface area (Å²) in [6, 6.07) is 9.06. The smallest absolute Gasteiger partial charge is 0.0457 e. The van der Waals surface area contributed by atoms with Crippen molar-refractivity contribution in [1.29, 1.82) is 0 Å². The van der Waals surface area contributed by atoms with E-state index < -0.39 is 0 Å². The Labute approximate surface area is 89.7 Å². The molecule has 2 atom stereocenters. The molecule has 3 rings (SSSR count). The minimum absolute atomic E-state index is 0.529. The summed E-state index contributed by atoms with van der Waals surface area (Å²) >= 11 is 0. The number of rotatable bonds is 1. The first-order valence-corrected chi connectivity index (χ1v) is 5.65. The van der Waals surface area contributed by atoms with Crippen LogP contribution in [0.15, 0.2) is 30.5 Å². The molecule has 1 aliphatic rings. The van der Waals surface area contributed by atoms with Gasteiger partial charge in [0.05, 0.1) is 0 Å². The molecular weight excluding hydrogens is 184 g/mol. The first-order chi connectivity index (χ1) is 7.36. The molecule has 78 valence electrons. The van der Waals surface area contributed by atoms with Crippen LogP contribution in [-0.4, -0.2) is 11.5 Å². The van der Waals surface area contributed by atoms with Gasteiger partial charge in [0.15, 0.2) is 0 Å².